The summed E-state index contributed by atoms with van der Waals surface area (Å²) in [6.07, 6.45) is 0.755. The highest BCUT2D eigenvalue weighted by molar-refractivity contribution is 7.93. The minimum Gasteiger partial charge on any atom is -0.481 e. The number of nitrogens with one attached hydrogen (secondary N) is 2. The number of thiazole rings is 1. The summed E-state index contributed by atoms with van der Waals surface area (Å²) in [5.41, 5.74) is 0.449. The highest BCUT2D eigenvalue weighted by Gasteiger charge is 2.17. The van der Waals surface area contributed by atoms with Crippen LogP contribution in [0.2, 0.25) is 5.02 Å². The zero-order chi connectivity index (χ0) is 20.1. The van der Waals surface area contributed by atoms with Crippen LogP contribution in [0.5, 0.6) is 5.75 Å². The summed E-state index contributed by atoms with van der Waals surface area (Å²) in [5.74, 6) is 0.146. The van der Waals surface area contributed by atoms with Gasteiger partial charge in [0.1, 0.15) is 5.75 Å². The molecule has 7 nitrogen and oxygen atoms in total. The molecular formula is C18H16ClN3O4S2. The van der Waals surface area contributed by atoms with Crippen molar-refractivity contribution in [1.82, 2.24) is 4.98 Å². The summed E-state index contributed by atoms with van der Waals surface area (Å²) in [6.45, 7) is 1.61. The van der Waals surface area contributed by atoms with Gasteiger partial charge in [0, 0.05) is 22.3 Å². The lowest BCUT2D eigenvalue weighted by atomic mass is 10.3. The van der Waals surface area contributed by atoms with Gasteiger partial charge in [0.2, 0.25) is 0 Å². The second-order valence-corrected chi connectivity index (χ2v) is 8.68. The van der Waals surface area contributed by atoms with Crippen LogP contribution in [0.15, 0.2) is 65.0 Å². The second-order valence-electron chi connectivity index (χ2n) is 5.67. The number of hydrogen-bond acceptors (Lipinski definition) is 6. The largest absolute Gasteiger partial charge is 0.481 e. The van der Waals surface area contributed by atoms with E-state index in [1.54, 1.807) is 36.6 Å². The Kier molecular flexibility index (Phi) is 6.18. The fourth-order valence-electron chi connectivity index (χ4n) is 2.18. The zero-order valence-corrected chi connectivity index (χ0v) is 17.0. The molecule has 28 heavy (non-hydrogen) atoms. The number of benzene rings is 2. The Labute approximate surface area is 171 Å². The Hall–Kier alpha value is -2.62. The SMILES string of the molecule is C[C@H](Oc1ccc(Cl)cc1)C(=O)Nc1ccc(S(=O)(=O)Nc2nccs2)cc1. The van der Waals surface area contributed by atoms with E-state index in [1.807, 2.05) is 0 Å². The molecule has 1 amide bonds. The van der Waals surface area contributed by atoms with E-state index in [0.717, 1.165) is 0 Å². The van der Waals surface area contributed by atoms with Crippen LogP contribution in [0, 0.1) is 0 Å². The second kappa shape index (κ2) is 8.59. The Bertz CT molecular complexity index is 1040. The van der Waals surface area contributed by atoms with Crippen LogP contribution in [-0.2, 0) is 14.8 Å². The topological polar surface area (TPSA) is 97.4 Å². The van der Waals surface area contributed by atoms with Crippen molar-refractivity contribution in [3.63, 3.8) is 0 Å². The van der Waals surface area contributed by atoms with Crippen LogP contribution < -0.4 is 14.8 Å². The van der Waals surface area contributed by atoms with Gasteiger partial charge in [-0.1, -0.05) is 11.6 Å². The van der Waals surface area contributed by atoms with Gasteiger partial charge in [-0.25, -0.2) is 13.4 Å². The maximum atomic E-state index is 12.3. The van der Waals surface area contributed by atoms with Gasteiger partial charge >= 0.3 is 0 Å². The third kappa shape index (κ3) is 5.22. The van der Waals surface area contributed by atoms with Gasteiger partial charge in [0.25, 0.3) is 15.9 Å². The fraction of sp³-hybridized carbons (Fsp3) is 0.111. The Balaban J connectivity index is 1.61. The van der Waals surface area contributed by atoms with E-state index in [9.17, 15) is 13.2 Å². The molecular weight excluding hydrogens is 422 g/mol. The van der Waals surface area contributed by atoms with Gasteiger partial charge < -0.3 is 10.1 Å². The number of carbonyl (C=O) groups is 1. The summed E-state index contributed by atoms with van der Waals surface area (Å²) in [6, 6.07) is 12.5. The fourth-order valence-corrected chi connectivity index (χ4v) is 4.09. The van der Waals surface area contributed by atoms with Gasteiger partial charge in [0.15, 0.2) is 11.2 Å². The van der Waals surface area contributed by atoms with Crippen molar-refractivity contribution >= 4 is 49.7 Å². The molecule has 10 heteroatoms. The zero-order valence-electron chi connectivity index (χ0n) is 14.6. The molecule has 3 rings (SSSR count). The maximum absolute atomic E-state index is 12.3. The molecule has 0 radical (unpaired) electrons. The third-order valence-electron chi connectivity index (χ3n) is 3.58. The van der Waals surface area contributed by atoms with E-state index in [-0.39, 0.29) is 15.9 Å². The molecule has 1 atom stereocenters. The average molecular weight is 438 g/mol. The smallest absolute Gasteiger partial charge is 0.265 e. The van der Waals surface area contributed by atoms with Crippen molar-refractivity contribution < 1.29 is 17.9 Å². The van der Waals surface area contributed by atoms with Crippen LogP contribution in [0.1, 0.15) is 6.92 Å². The summed E-state index contributed by atoms with van der Waals surface area (Å²) in [4.78, 5) is 16.2. The maximum Gasteiger partial charge on any atom is 0.265 e. The Morgan fingerprint density at radius 1 is 1.14 bits per heavy atom. The lowest BCUT2D eigenvalue weighted by molar-refractivity contribution is -0.122. The molecule has 0 fully saturated rings. The molecule has 0 spiro atoms. The van der Waals surface area contributed by atoms with Crippen molar-refractivity contribution in [3.05, 3.63) is 65.1 Å². The standard InChI is InChI=1S/C18H16ClN3O4S2/c1-12(26-15-6-2-13(19)3-7-15)17(23)21-14-4-8-16(9-5-14)28(24,25)22-18-20-10-11-27-18/h2-12H,1H3,(H,20,22)(H,21,23)/t12-/m0/s1. The average Bonchev–Trinajstić information content (AvgIpc) is 3.16. The van der Waals surface area contributed by atoms with Crippen molar-refractivity contribution in [1.29, 1.82) is 0 Å². The number of amides is 1. The molecule has 146 valence electrons. The first-order valence-electron chi connectivity index (χ1n) is 8.09. The van der Waals surface area contributed by atoms with Crippen molar-refractivity contribution in [2.75, 3.05) is 10.0 Å². The predicted molar refractivity (Wildman–Crippen MR) is 110 cm³/mol. The molecule has 2 aromatic carbocycles. The molecule has 0 saturated carbocycles. The predicted octanol–water partition coefficient (Wildman–Crippen LogP) is 4.00. The number of carbonyl (C=O) groups excluding carboxylic acids is 1. The Morgan fingerprint density at radius 3 is 2.43 bits per heavy atom. The van der Waals surface area contributed by atoms with Gasteiger partial charge in [-0.15, -0.1) is 11.3 Å². The summed E-state index contributed by atoms with van der Waals surface area (Å²) in [5, 5.41) is 5.21. The van der Waals surface area contributed by atoms with Gasteiger partial charge in [0.05, 0.1) is 4.90 Å². The number of anilines is 2. The lowest BCUT2D eigenvalue weighted by Crippen LogP contribution is -2.30. The molecule has 0 saturated heterocycles. The number of halogens is 1. The first-order chi connectivity index (χ1) is 13.3. The summed E-state index contributed by atoms with van der Waals surface area (Å²) in [7, 11) is -3.74. The molecule has 0 bridgehead atoms. The number of aromatic nitrogens is 1. The molecule has 0 unspecified atom stereocenters. The quantitative estimate of drug-likeness (QED) is 0.582. The van der Waals surface area contributed by atoms with E-state index >= 15 is 0 Å². The molecule has 0 aliphatic carbocycles. The first-order valence-corrected chi connectivity index (χ1v) is 10.8. The van der Waals surface area contributed by atoms with Gasteiger partial charge in [-0.2, -0.15) is 0 Å². The molecule has 0 aliphatic rings. The van der Waals surface area contributed by atoms with Crippen molar-refractivity contribution in [2.45, 2.75) is 17.9 Å². The highest BCUT2D eigenvalue weighted by Crippen LogP contribution is 2.20. The monoisotopic (exact) mass is 437 g/mol. The third-order valence-corrected chi connectivity index (χ3v) is 6.01. The van der Waals surface area contributed by atoms with E-state index in [1.165, 1.54) is 41.8 Å². The van der Waals surface area contributed by atoms with E-state index < -0.39 is 16.1 Å². The normalized spacial score (nSPS) is 12.2. The van der Waals surface area contributed by atoms with Crippen LogP contribution >= 0.6 is 22.9 Å². The van der Waals surface area contributed by atoms with Crippen molar-refractivity contribution in [2.24, 2.45) is 0 Å². The number of hydrogen-bond donors (Lipinski definition) is 2. The van der Waals surface area contributed by atoms with Crippen molar-refractivity contribution in [3.8, 4) is 5.75 Å². The van der Waals surface area contributed by atoms with Crippen LogP contribution in [0.3, 0.4) is 0 Å². The minimum atomic E-state index is -3.74. The Morgan fingerprint density at radius 2 is 1.82 bits per heavy atom. The minimum absolute atomic E-state index is 0.0613. The number of nitrogens with zero attached hydrogens (tertiary/aromatic N) is 1. The molecule has 3 aromatic rings. The van der Waals surface area contributed by atoms with E-state index in [2.05, 4.69) is 15.0 Å². The number of sulfonamides is 1. The van der Waals surface area contributed by atoms with Crippen LogP contribution in [-0.4, -0.2) is 25.4 Å². The van der Waals surface area contributed by atoms with Gasteiger partial charge in [-0.3, -0.25) is 9.52 Å². The summed E-state index contributed by atoms with van der Waals surface area (Å²) >= 11 is 7.00. The van der Waals surface area contributed by atoms with Crippen LogP contribution in [0.4, 0.5) is 10.8 Å². The first kappa shape index (κ1) is 20.1. The molecule has 1 aromatic heterocycles. The molecule has 0 aliphatic heterocycles. The van der Waals surface area contributed by atoms with Gasteiger partial charge in [-0.05, 0) is 55.5 Å². The highest BCUT2D eigenvalue weighted by atomic mass is 35.5. The van der Waals surface area contributed by atoms with Crippen LogP contribution in [0.25, 0.3) is 0 Å². The number of ether oxygens (including phenoxy) is 1. The molecule has 2 N–H and O–H groups in total. The molecule has 1 heterocycles. The lowest BCUT2D eigenvalue weighted by Gasteiger charge is -2.15. The summed E-state index contributed by atoms with van der Waals surface area (Å²) < 4.78 is 32.6. The van der Waals surface area contributed by atoms with E-state index in [0.29, 0.717) is 16.5 Å². The van der Waals surface area contributed by atoms with E-state index in [4.69, 9.17) is 16.3 Å². The number of rotatable bonds is 7.